The van der Waals surface area contributed by atoms with Crippen molar-refractivity contribution in [3.8, 4) is 23.1 Å². The van der Waals surface area contributed by atoms with E-state index in [1.807, 2.05) is 13.8 Å². The molecule has 0 aliphatic carbocycles. The number of hydrogen-bond donors (Lipinski definition) is 2. The van der Waals surface area contributed by atoms with E-state index in [9.17, 15) is 13.2 Å². The highest BCUT2D eigenvalue weighted by Gasteiger charge is 2.24. The van der Waals surface area contributed by atoms with E-state index in [1.165, 1.54) is 37.7 Å². The predicted octanol–water partition coefficient (Wildman–Crippen LogP) is 5.27. The van der Waals surface area contributed by atoms with Crippen LogP contribution in [0.3, 0.4) is 0 Å². The van der Waals surface area contributed by atoms with Crippen LogP contribution in [0.5, 0.6) is 23.1 Å². The zero-order valence-corrected chi connectivity index (χ0v) is 24.3. The molecule has 2 N–H and O–H groups in total. The Morgan fingerprint density at radius 2 is 1.86 bits per heavy atom. The molecule has 15 heteroatoms. The van der Waals surface area contributed by atoms with Gasteiger partial charge in [0, 0.05) is 18.5 Å². The van der Waals surface area contributed by atoms with Crippen molar-refractivity contribution in [3.05, 3.63) is 77.8 Å². The number of benzene rings is 1. The fraction of sp³-hybridized carbons (Fsp3) is 0.222. The molecular formula is C27H27ClN6O7S. The number of ether oxygens (including phenoxy) is 4. The van der Waals surface area contributed by atoms with Crippen LogP contribution in [0, 0.1) is 0 Å². The number of carbonyl (C=O) groups is 1. The number of carbonyl (C=O) groups excluding carboxylic acids is 1. The molecule has 4 rings (SSSR count). The van der Waals surface area contributed by atoms with Gasteiger partial charge in [-0.15, -0.1) is 0 Å². The Morgan fingerprint density at radius 3 is 2.55 bits per heavy atom. The third-order valence-corrected chi connectivity index (χ3v) is 7.07. The van der Waals surface area contributed by atoms with E-state index < -0.39 is 16.1 Å². The Balaban J connectivity index is 1.56. The van der Waals surface area contributed by atoms with Gasteiger partial charge >= 0.3 is 6.09 Å². The molecule has 0 saturated heterocycles. The van der Waals surface area contributed by atoms with Gasteiger partial charge in [0.2, 0.25) is 5.75 Å². The van der Waals surface area contributed by atoms with E-state index in [-0.39, 0.29) is 52.4 Å². The molecule has 3 heterocycles. The summed E-state index contributed by atoms with van der Waals surface area (Å²) in [6, 6.07) is 12.7. The van der Waals surface area contributed by atoms with E-state index >= 15 is 0 Å². The largest absolute Gasteiger partial charge is 0.497 e. The van der Waals surface area contributed by atoms with Gasteiger partial charge in [-0.3, -0.25) is 10.0 Å². The SMILES string of the molecule is COc1ccc(Cl)c(Oc2c(NS(=O)(=O)c3ccc(C(C)C)cn3)ncnc2OCCOC(=O)Nc2ccccn2)c1. The number of nitrogens with one attached hydrogen (secondary N) is 2. The van der Waals surface area contributed by atoms with Crippen LogP contribution in [-0.4, -0.2) is 54.8 Å². The molecule has 42 heavy (non-hydrogen) atoms. The molecule has 220 valence electrons. The molecule has 3 aromatic heterocycles. The summed E-state index contributed by atoms with van der Waals surface area (Å²) in [5.74, 6) is 0.421. The second-order valence-corrected chi connectivity index (χ2v) is 10.8. The lowest BCUT2D eigenvalue weighted by Gasteiger charge is -2.16. The minimum absolute atomic E-state index is 0.113. The van der Waals surface area contributed by atoms with Gasteiger partial charge in [-0.2, -0.15) is 13.4 Å². The van der Waals surface area contributed by atoms with Crippen LogP contribution in [0.2, 0.25) is 5.02 Å². The van der Waals surface area contributed by atoms with Crippen molar-refractivity contribution >= 4 is 39.4 Å². The first-order valence-corrected chi connectivity index (χ1v) is 14.3. The summed E-state index contributed by atoms with van der Waals surface area (Å²) < 4.78 is 50.8. The maximum atomic E-state index is 13.2. The summed E-state index contributed by atoms with van der Waals surface area (Å²) in [5.41, 5.74) is 0.874. The molecule has 0 spiro atoms. The van der Waals surface area contributed by atoms with Crippen LogP contribution >= 0.6 is 11.6 Å². The zero-order valence-electron chi connectivity index (χ0n) is 22.8. The number of pyridine rings is 2. The topological polar surface area (TPSA) is 164 Å². The fourth-order valence-corrected chi connectivity index (χ4v) is 4.45. The molecule has 0 unspecified atom stereocenters. The highest BCUT2D eigenvalue weighted by molar-refractivity contribution is 7.92. The number of nitrogens with zero attached hydrogens (tertiary/aromatic N) is 4. The smallest absolute Gasteiger partial charge is 0.412 e. The monoisotopic (exact) mass is 614 g/mol. The molecule has 1 amide bonds. The number of amides is 1. The highest BCUT2D eigenvalue weighted by atomic mass is 35.5. The van der Waals surface area contributed by atoms with Gasteiger partial charge in [0.05, 0.1) is 12.1 Å². The van der Waals surface area contributed by atoms with Gasteiger partial charge in [-0.1, -0.05) is 37.6 Å². The first-order valence-electron chi connectivity index (χ1n) is 12.5. The van der Waals surface area contributed by atoms with Crippen molar-refractivity contribution in [3.63, 3.8) is 0 Å². The van der Waals surface area contributed by atoms with Crippen LogP contribution in [-0.2, 0) is 14.8 Å². The average Bonchev–Trinajstić information content (AvgIpc) is 2.98. The van der Waals surface area contributed by atoms with Gasteiger partial charge < -0.3 is 18.9 Å². The molecule has 0 aliphatic heterocycles. The summed E-state index contributed by atoms with van der Waals surface area (Å²) in [6.45, 7) is 3.59. The summed E-state index contributed by atoms with van der Waals surface area (Å²) >= 11 is 6.32. The van der Waals surface area contributed by atoms with Crippen LogP contribution in [0.4, 0.5) is 16.4 Å². The van der Waals surface area contributed by atoms with Crippen LogP contribution in [0.15, 0.2) is 72.3 Å². The second kappa shape index (κ2) is 13.8. The first-order chi connectivity index (χ1) is 20.2. The van der Waals surface area contributed by atoms with E-state index in [2.05, 4.69) is 30.0 Å². The number of methoxy groups -OCH3 is 1. The number of sulfonamides is 1. The summed E-state index contributed by atoms with van der Waals surface area (Å²) in [5, 5.41) is 2.44. The fourth-order valence-electron chi connectivity index (χ4n) is 3.35. The van der Waals surface area contributed by atoms with Crippen molar-refractivity contribution in [1.29, 1.82) is 0 Å². The maximum absolute atomic E-state index is 13.2. The molecular weight excluding hydrogens is 588 g/mol. The van der Waals surface area contributed by atoms with Gasteiger partial charge in [-0.05, 0) is 41.8 Å². The molecule has 0 saturated carbocycles. The van der Waals surface area contributed by atoms with Crippen molar-refractivity contribution in [2.75, 3.05) is 30.4 Å². The van der Waals surface area contributed by atoms with Crippen LogP contribution < -0.4 is 24.2 Å². The zero-order chi connectivity index (χ0) is 30.1. The minimum Gasteiger partial charge on any atom is -0.497 e. The summed E-state index contributed by atoms with van der Waals surface area (Å²) in [4.78, 5) is 28.2. The number of aromatic nitrogens is 4. The second-order valence-electron chi connectivity index (χ2n) is 8.77. The van der Waals surface area contributed by atoms with E-state index in [0.29, 0.717) is 11.6 Å². The summed E-state index contributed by atoms with van der Waals surface area (Å²) in [6.07, 6.45) is 3.35. The highest BCUT2D eigenvalue weighted by Crippen LogP contribution is 2.40. The molecule has 4 aromatic rings. The summed E-state index contributed by atoms with van der Waals surface area (Å²) in [7, 11) is -2.74. The lowest BCUT2D eigenvalue weighted by Crippen LogP contribution is -2.19. The molecule has 0 fully saturated rings. The Labute approximate surface area is 247 Å². The third kappa shape index (κ3) is 7.95. The molecule has 13 nitrogen and oxygen atoms in total. The average molecular weight is 615 g/mol. The van der Waals surface area contributed by atoms with E-state index in [1.54, 1.807) is 30.3 Å². The predicted molar refractivity (Wildman–Crippen MR) is 154 cm³/mol. The van der Waals surface area contributed by atoms with Crippen LogP contribution in [0.25, 0.3) is 0 Å². The normalized spacial score (nSPS) is 11.1. The first kappa shape index (κ1) is 30.3. The number of halogens is 1. The van der Waals surface area contributed by atoms with Crippen molar-refractivity contribution in [1.82, 2.24) is 19.9 Å². The van der Waals surface area contributed by atoms with Crippen molar-refractivity contribution in [2.45, 2.75) is 24.8 Å². The lowest BCUT2D eigenvalue weighted by atomic mass is 10.1. The lowest BCUT2D eigenvalue weighted by molar-refractivity contribution is 0.135. The van der Waals surface area contributed by atoms with Crippen molar-refractivity contribution in [2.24, 2.45) is 0 Å². The molecule has 0 aliphatic rings. The Morgan fingerprint density at radius 1 is 1.02 bits per heavy atom. The maximum Gasteiger partial charge on any atom is 0.412 e. The Kier molecular flexibility index (Phi) is 9.93. The van der Waals surface area contributed by atoms with Crippen LogP contribution in [0.1, 0.15) is 25.3 Å². The molecule has 0 bridgehead atoms. The number of anilines is 2. The molecule has 1 aromatic carbocycles. The number of rotatable bonds is 12. The van der Waals surface area contributed by atoms with E-state index in [4.69, 9.17) is 30.5 Å². The third-order valence-electron chi connectivity index (χ3n) is 5.50. The Hall–Kier alpha value is -4.69. The number of hydrogen-bond acceptors (Lipinski definition) is 11. The molecule has 0 atom stereocenters. The standard InChI is InChI=1S/C27H27ClN6O7S/c1-17(2)18-7-10-23(30-15-18)42(36,37)34-25-24(41-21-14-19(38-3)8-9-20(21)28)26(32-16-31-25)39-12-13-40-27(35)33-22-6-4-5-11-29-22/h4-11,14-17H,12-13H2,1-3H3,(H,29,33,35)(H,31,32,34). The van der Waals surface area contributed by atoms with Gasteiger partial charge in [0.1, 0.15) is 36.9 Å². The van der Waals surface area contributed by atoms with Crippen molar-refractivity contribution < 1.29 is 32.2 Å². The Bertz CT molecular complexity index is 1620. The quantitative estimate of drug-likeness (QED) is 0.200. The minimum atomic E-state index is -4.20. The van der Waals surface area contributed by atoms with Gasteiger partial charge in [-0.25, -0.2) is 19.7 Å². The van der Waals surface area contributed by atoms with Gasteiger partial charge in [0.15, 0.2) is 10.8 Å². The molecule has 0 radical (unpaired) electrons. The van der Waals surface area contributed by atoms with Gasteiger partial charge in [0.25, 0.3) is 15.9 Å². The van der Waals surface area contributed by atoms with E-state index in [0.717, 1.165) is 11.9 Å².